The zero-order valence-electron chi connectivity index (χ0n) is 16.0. The molecule has 1 heteroatoms. The first-order valence-corrected chi connectivity index (χ1v) is 9.85. The zero-order chi connectivity index (χ0) is 19.0. The highest BCUT2D eigenvalue weighted by Gasteiger charge is 2.15. The van der Waals surface area contributed by atoms with E-state index in [1.807, 2.05) is 0 Å². The molecule has 0 spiro atoms. The summed E-state index contributed by atoms with van der Waals surface area (Å²) in [5.74, 6) is 0. The lowest BCUT2D eigenvalue weighted by molar-refractivity contribution is 0.912. The van der Waals surface area contributed by atoms with Crippen LogP contribution in [0, 0.1) is 0 Å². The van der Waals surface area contributed by atoms with E-state index in [0.717, 1.165) is 19.3 Å². The van der Waals surface area contributed by atoms with E-state index in [2.05, 4.69) is 115 Å². The highest BCUT2D eigenvalue weighted by atomic mass is 14.9. The molecule has 4 rings (SSSR count). The van der Waals surface area contributed by atoms with Crippen molar-refractivity contribution < 1.29 is 0 Å². The normalized spacial score (nSPS) is 13.6. The van der Waals surface area contributed by atoms with Crippen LogP contribution in [0.1, 0.15) is 16.7 Å². The monoisotopic (exact) mass is 363 g/mol. The molecule has 0 bridgehead atoms. The number of hydrogen-bond donors (Lipinski definition) is 1. The third-order valence-corrected chi connectivity index (χ3v) is 5.09. The van der Waals surface area contributed by atoms with Crippen molar-refractivity contribution in [2.75, 3.05) is 0 Å². The molecule has 0 atom stereocenters. The van der Waals surface area contributed by atoms with Gasteiger partial charge in [0.15, 0.2) is 0 Å². The van der Waals surface area contributed by atoms with Crippen LogP contribution in [-0.2, 0) is 19.3 Å². The molecule has 1 aliphatic heterocycles. The molecule has 1 N–H and O–H groups in total. The van der Waals surface area contributed by atoms with E-state index < -0.39 is 0 Å². The van der Waals surface area contributed by atoms with Crippen LogP contribution in [0.3, 0.4) is 0 Å². The molecule has 138 valence electrons. The Morgan fingerprint density at radius 1 is 0.536 bits per heavy atom. The van der Waals surface area contributed by atoms with Gasteiger partial charge in [0, 0.05) is 18.3 Å². The largest absolute Gasteiger partial charge is 0.364 e. The van der Waals surface area contributed by atoms with Crippen molar-refractivity contribution in [1.29, 1.82) is 0 Å². The van der Waals surface area contributed by atoms with E-state index in [1.54, 1.807) is 0 Å². The predicted molar refractivity (Wildman–Crippen MR) is 118 cm³/mol. The van der Waals surface area contributed by atoms with Gasteiger partial charge >= 0.3 is 0 Å². The number of rotatable bonds is 6. The van der Waals surface area contributed by atoms with Crippen LogP contribution < -0.4 is 5.32 Å². The Morgan fingerprint density at radius 3 is 1.61 bits per heavy atom. The molecule has 28 heavy (non-hydrogen) atoms. The fourth-order valence-corrected chi connectivity index (χ4v) is 3.65. The summed E-state index contributed by atoms with van der Waals surface area (Å²) in [6.45, 7) is 0. The summed E-state index contributed by atoms with van der Waals surface area (Å²) in [6.07, 6.45) is 9.21. The molecule has 0 fully saturated rings. The molecule has 0 amide bonds. The van der Waals surface area contributed by atoms with Gasteiger partial charge in [-0.2, -0.15) is 0 Å². The van der Waals surface area contributed by atoms with E-state index in [-0.39, 0.29) is 0 Å². The third kappa shape index (κ3) is 4.69. The second-order valence-electron chi connectivity index (χ2n) is 7.14. The van der Waals surface area contributed by atoms with E-state index in [0.29, 0.717) is 0 Å². The van der Waals surface area contributed by atoms with Gasteiger partial charge in [-0.05, 0) is 46.8 Å². The molecule has 1 nitrogen and oxygen atoms in total. The lowest BCUT2D eigenvalue weighted by Crippen LogP contribution is -2.13. The first-order valence-electron chi connectivity index (χ1n) is 9.85. The van der Waals surface area contributed by atoms with Crippen LogP contribution in [0.4, 0.5) is 0 Å². The number of nitrogens with one attached hydrogen (secondary N) is 1. The van der Waals surface area contributed by atoms with E-state index in [1.165, 1.54) is 33.5 Å². The molecule has 0 radical (unpaired) electrons. The Morgan fingerprint density at radius 2 is 1.04 bits per heavy atom. The lowest BCUT2D eigenvalue weighted by atomic mass is 9.90. The van der Waals surface area contributed by atoms with Gasteiger partial charge in [0.1, 0.15) is 0 Å². The van der Waals surface area contributed by atoms with Gasteiger partial charge in [-0.1, -0.05) is 97.1 Å². The minimum Gasteiger partial charge on any atom is -0.364 e. The van der Waals surface area contributed by atoms with Gasteiger partial charge in [-0.15, -0.1) is 0 Å². The minimum atomic E-state index is 0.902. The Kier molecular flexibility index (Phi) is 5.84. The molecular formula is C27H25N. The average molecular weight is 364 g/mol. The Hall–Kier alpha value is -3.32. The summed E-state index contributed by atoms with van der Waals surface area (Å²) in [5.41, 5.74) is 8.06. The van der Waals surface area contributed by atoms with Crippen LogP contribution in [0.25, 0.3) is 0 Å². The Labute approximate surface area is 167 Å². The van der Waals surface area contributed by atoms with Crippen LogP contribution in [0.5, 0.6) is 0 Å². The molecule has 0 aliphatic carbocycles. The molecule has 0 aromatic heterocycles. The van der Waals surface area contributed by atoms with Crippen LogP contribution in [0.15, 0.2) is 126 Å². The SMILES string of the molecule is C1=CNC(Cc2ccccc2)=C(Cc2ccccc2)C(Cc2ccccc2)=C1. The molecular weight excluding hydrogens is 338 g/mol. The lowest BCUT2D eigenvalue weighted by Gasteiger charge is -2.18. The summed E-state index contributed by atoms with van der Waals surface area (Å²) in [6, 6.07) is 32.2. The zero-order valence-corrected chi connectivity index (χ0v) is 16.0. The number of hydrogen-bond acceptors (Lipinski definition) is 1. The van der Waals surface area contributed by atoms with Crippen molar-refractivity contribution in [1.82, 2.24) is 5.32 Å². The summed E-state index contributed by atoms with van der Waals surface area (Å²) in [4.78, 5) is 0. The summed E-state index contributed by atoms with van der Waals surface area (Å²) >= 11 is 0. The van der Waals surface area contributed by atoms with Crippen molar-refractivity contribution in [3.8, 4) is 0 Å². The van der Waals surface area contributed by atoms with Crippen molar-refractivity contribution in [2.45, 2.75) is 19.3 Å². The topological polar surface area (TPSA) is 12.0 Å². The van der Waals surface area contributed by atoms with Crippen LogP contribution in [-0.4, -0.2) is 0 Å². The molecule has 1 aliphatic rings. The average Bonchev–Trinajstić information content (AvgIpc) is 2.93. The second kappa shape index (κ2) is 9.05. The summed E-state index contributed by atoms with van der Waals surface area (Å²) < 4.78 is 0. The van der Waals surface area contributed by atoms with Crippen molar-refractivity contribution in [3.63, 3.8) is 0 Å². The van der Waals surface area contributed by atoms with Crippen molar-refractivity contribution in [2.24, 2.45) is 0 Å². The molecule has 0 unspecified atom stereocenters. The fourth-order valence-electron chi connectivity index (χ4n) is 3.65. The summed E-state index contributed by atoms with van der Waals surface area (Å²) in [7, 11) is 0. The first-order chi connectivity index (χ1) is 13.9. The van der Waals surface area contributed by atoms with Gasteiger partial charge in [0.25, 0.3) is 0 Å². The van der Waals surface area contributed by atoms with Gasteiger partial charge in [0.05, 0.1) is 0 Å². The third-order valence-electron chi connectivity index (χ3n) is 5.09. The first kappa shape index (κ1) is 18.1. The van der Waals surface area contributed by atoms with Crippen LogP contribution >= 0.6 is 0 Å². The van der Waals surface area contributed by atoms with E-state index in [9.17, 15) is 0 Å². The Balaban J connectivity index is 1.72. The molecule has 3 aromatic carbocycles. The standard InChI is InChI=1S/C27H25N/c1-4-11-22(12-5-1)19-25-17-10-18-28-27(21-24-15-8-3-9-16-24)26(25)20-23-13-6-2-7-14-23/h1-18,28H,19-21H2. The maximum Gasteiger partial charge on any atom is 0.0229 e. The smallest absolute Gasteiger partial charge is 0.0229 e. The van der Waals surface area contributed by atoms with E-state index >= 15 is 0 Å². The van der Waals surface area contributed by atoms with Gasteiger partial charge < -0.3 is 5.32 Å². The molecule has 3 aromatic rings. The van der Waals surface area contributed by atoms with Crippen molar-refractivity contribution in [3.05, 3.63) is 143 Å². The molecule has 0 saturated carbocycles. The maximum atomic E-state index is 3.56. The fraction of sp³-hybridized carbons (Fsp3) is 0.111. The van der Waals surface area contributed by atoms with Crippen molar-refractivity contribution >= 4 is 0 Å². The highest BCUT2D eigenvalue weighted by Crippen LogP contribution is 2.26. The second-order valence-corrected chi connectivity index (χ2v) is 7.14. The van der Waals surface area contributed by atoms with E-state index in [4.69, 9.17) is 0 Å². The summed E-state index contributed by atoms with van der Waals surface area (Å²) in [5, 5.41) is 3.56. The number of benzene rings is 3. The van der Waals surface area contributed by atoms with Gasteiger partial charge in [-0.25, -0.2) is 0 Å². The predicted octanol–water partition coefficient (Wildman–Crippen LogP) is 6.01. The molecule has 1 heterocycles. The quantitative estimate of drug-likeness (QED) is 0.565. The maximum absolute atomic E-state index is 3.56. The van der Waals surface area contributed by atoms with Gasteiger partial charge in [0.2, 0.25) is 0 Å². The van der Waals surface area contributed by atoms with Crippen LogP contribution in [0.2, 0.25) is 0 Å². The number of allylic oxidation sites excluding steroid dienone is 5. The molecule has 0 saturated heterocycles. The highest BCUT2D eigenvalue weighted by molar-refractivity contribution is 5.46. The van der Waals surface area contributed by atoms with Gasteiger partial charge in [-0.3, -0.25) is 0 Å². The minimum absolute atomic E-state index is 0.902. The Bertz CT molecular complexity index is 980.